The van der Waals surface area contributed by atoms with E-state index < -0.39 is 12.0 Å². The van der Waals surface area contributed by atoms with Crippen LogP contribution in [0.2, 0.25) is 0 Å². The first-order valence-electron chi connectivity index (χ1n) is 12.0. The van der Waals surface area contributed by atoms with Crippen molar-refractivity contribution in [2.75, 3.05) is 10.6 Å². The minimum atomic E-state index is -0.949. The summed E-state index contributed by atoms with van der Waals surface area (Å²) in [6.07, 6.45) is 6.76. The van der Waals surface area contributed by atoms with Gasteiger partial charge in [0.25, 0.3) is 0 Å². The van der Waals surface area contributed by atoms with Crippen molar-refractivity contribution in [2.45, 2.75) is 46.2 Å². The highest BCUT2D eigenvalue weighted by Gasteiger charge is 2.20. The van der Waals surface area contributed by atoms with Crippen molar-refractivity contribution in [1.82, 2.24) is 9.55 Å². The van der Waals surface area contributed by atoms with E-state index in [-0.39, 0.29) is 5.82 Å². The average molecular weight is 487 g/mol. The Morgan fingerprint density at radius 2 is 1.86 bits per heavy atom. The van der Waals surface area contributed by atoms with Crippen LogP contribution >= 0.6 is 0 Å². The fourth-order valence-corrected chi connectivity index (χ4v) is 4.24. The number of nitrogens with one attached hydrogen (secondary N) is 2. The second-order valence-electron chi connectivity index (χ2n) is 9.02. The van der Waals surface area contributed by atoms with E-state index in [1.807, 2.05) is 61.0 Å². The van der Waals surface area contributed by atoms with Gasteiger partial charge in [-0.1, -0.05) is 19.1 Å². The molecule has 0 aliphatic carbocycles. The molecule has 0 bridgehead atoms. The molecular weight excluding hydrogens is 455 g/mol. The highest BCUT2D eigenvalue weighted by molar-refractivity contribution is 5.79. The number of nitrogens with zero attached hydrogens (tertiary/aromatic N) is 2. The lowest BCUT2D eigenvalue weighted by Crippen LogP contribution is -2.32. The Balaban J connectivity index is 1.42. The van der Waals surface area contributed by atoms with Crippen LogP contribution in [0, 0.1) is 19.7 Å². The Morgan fingerprint density at radius 1 is 1.08 bits per heavy atom. The van der Waals surface area contributed by atoms with Crippen molar-refractivity contribution >= 4 is 17.5 Å². The first-order chi connectivity index (χ1) is 17.3. The zero-order chi connectivity index (χ0) is 25.7. The standard InChI is InChI=1S/C29H31FN4O2/c1-4-23-16-24(30)14-20(3)28(23)33-26(29(35)36)15-21-5-7-25(8-6-21)34-12-10-22(18-34)17-32-27-13-19(2)9-11-31-27/h5-14,16,18,26,33H,4,15,17H2,1-3H3,(H,31,32)(H,35,36). The Labute approximate surface area is 210 Å². The molecule has 186 valence electrons. The predicted molar refractivity (Wildman–Crippen MR) is 141 cm³/mol. The van der Waals surface area contributed by atoms with E-state index in [9.17, 15) is 14.3 Å². The Kier molecular flexibility index (Phi) is 7.68. The van der Waals surface area contributed by atoms with Crippen LogP contribution < -0.4 is 10.6 Å². The molecule has 36 heavy (non-hydrogen) atoms. The molecule has 7 heteroatoms. The predicted octanol–water partition coefficient (Wildman–Crippen LogP) is 5.91. The maximum atomic E-state index is 13.8. The van der Waals surface area contributed by atoms with Gasteiger partial charge in [0.15, 0.2) is 0 Å². The van der Waals surface area contributed by atoms with Crippen molar-refractivity contribution in [3.05, 3.63) is 107 Å². The number of carbonyl (C=O) groups is 1. The van der Waals surface area contributed by atoms with Crippen LogP contribution in [0.1, 0.15) is 34.7 Å². The van der Waals surface area contributed by atoms with Crippen molar-refractivity contribution in [2.24, 2.45) is 0 Å². The summed E-state index contributed by atoms with van der Waals surface area (Å²) in [6.45, 7) is 6.41. The fraction of sp³-hybridized carbons (Fsp3) is 0.241. The van der Waals surface area contributed by atoms with Gasteiger partial charge < -0.3 is 20.3 Å². The lowest BCUT2D eigenvalue weighted by atomic mass is 10.0. The van der Waals surface area contributed by atoms with Crippen molar-refractivity contribution in [3.8, 4) is 5.69 Å². The van der Waals surface area contributed by atoms with E-state index in [1.54, 1.807) is 13.1 Å². The second kappa shape index (κ2) is 11.1. The normalized spacial score (nSPS) is 11.8. The molecule has 4 aromatic rings. The van der Waals surface area contributed by atoms with E-state index in [2.05, 4.69) is 27.9 Å². The van der Waals surface area contributed by atoms with Crippen LogP contribution in [0.4, 0.5) is 15.9 Å². The number of hydrogen-bond acceptors (Lipinski definition) is 4. The topological polar surface area (TPSA) is 79.2 Å². The summed E-state index contributed by atoms with van der Waals surface area (Å²) in [6, 6.07) is 15.9. The largest absolute Gasteiger partial charge is 0.480 e. The molecule has 0 fully saturated rings. The molecular formula is C29H31FN4O2. The third-order valence-corrected chi connectivity index (χ3v) is 6.20. The van der Waals surface area contributed by atoms with Gasteiger partial charge in [-0.2, -0.15) is 0 Å². The minimum Gasteiger partial charge on any atom is -0.480 e. The highest BCUT2D eigenvalue weighted by atomic mass is 19.1. The van der Waals surface area contributed by atoms with Gasteiger partial charge in [0.1, 0.15) is 17.7 Å². The molecule has 0 spiro atoms. The van der Waals surface area contributed by atoms with E-state index >= 15 is 0 Å². The zero-order valence-electron chi connectivity index (χ0n) is 20.8. The number of aromatic nitrogens is 2. The number of halogens is 1. The molecule has 6 nitrogen and oxygen atoms in total. The van der Waals surface area contributed by atoms with Gasteiger partial charge >= 0.3 is 5.97 Å². The summed E-state index contributed by atoms with van der Waals surface area (Å²) in [7, 11) is 0. The number of benzene rings is 2. The Hall–Kier alpha value is -4.13. The SMILES string of the molecule is CCc1cc(F)cc(C)c1NC(Cc1ccc(-n2ccc(CNc3cc(C)ccn3)c2)cc1)C(=O)O. The molecule has 0 radical (unpaired) electrons. The van der Waals surface area contributed by atoms with Crippen LogP contribution in [-0.4, -0.2) is 26.7 Å². The summed E-state index contributed by atoms with van der Waals surface area (Å²) in [5, 5.41) is 16.3. The molecule has 4 rings (SSSR count). The van der Waals surface area contributed by atoms with Gasteiger partial charge in [-0.05, 0) is 90.6 Å². The lowest BCUT2D eigenvalue weighted by Gasteiger charge is -2.20. The number of aryl methyl sites for hydroxylation is 3. The van der Waals surface area contributed by atoms with E-state index in [0.717, 1.165) is 33.8 Å². The van der Waals surface area contributed by atoms with Crippen LogP contribution in [0.3, 0.4) is 0 Å². The Bertz CT molecular complexity index is 1350. The van der Waals surface area contributed by atoms with Crippen LogP contribution in [-0.2, 0) is 24.2 Å². The maximum absolute atomic E-state index is 13.8. The van der Waals surface area contributed by atoms with Crippen molar-refractivity contribution < 1.29 is 14.3 Å². The van der Waals surface area contributed by atoms with Crippen LogP contribution in [0.5, 0.6) is 0 Å². The number of hydrogen-bond donors (Lipinski definition) is 3. The molecule has 2 heterocycles. The van der Waals surface area contributed by atoms with Gasteiger partial charge in [-0.3, -0.25) is 0 Å². The minimum absolute atomic E-state index is 0.305. The third-order valence-electron chi connectivity index (χ3n) is 6.20. The lowest BCUT2D eigenvalue weighted by molar-refractivity contribution is -0.137. The summed E-state index contributed by atoms with van der Waals surface area (Å²) < 4.78 is 15.8. The number of pyridine rings is 1. The monoisotopic (exact) mass is 486 g/mol. The smallest absolute Gasteiger partial charge is 0.326 e. The van der Waals surface area contributed by atoms with Crippen molar-refractivity contribution in [3.63, 3.8) is 0 Å². The zero-order valence-corrected chi connectivity index (χ0v) is 20.8. The molecule has 2 aromatic heterocycles. The summed E-state index contributed by atoms with van der Waals surface area (Å²) in [4.78, 5) is 16.3. The fourth-order valence-electron chi connectivity index (χ4n) is 4.24. The molecule has 1 atom stereocenters. The molecule has 2 aromatic carbocycles. The maximum Gasteiger partial charge on any atom is 0.326 e. The molecule has 0 aliphatic rings. The van der Waals surface area contributed by atoms with Gasteiger partial charge in [0.2, 0.25) is 0 Å². The first-order valence-corrected chi connectivity index (χ1v) is 12.0. The van der Waals surface area contributed by atoms with Crippen LogP contribution in [0.25, 0.3) is 5.69 Å². The number of anilines is 2. The highest BCUT2D eigenvalue weighted by Crippen LogP contribution is 2.25. The summed E-state index contributed by atoms with van der Waals surface area (Å²) >= 11 is 0. The molecule has 0 aliphatic heterocycles. The first kappa shape index (κ1) is 25.0. The second-order valence-corrected chi connectivity index (χ2v) is 9.02. The number of carboxylic acids is 1. The molecule has 3 N–H and O–H groups in total. The van der Waals surface area contributed by atoms with E-state index in [1.165, 1.54) is 12.1 Å². The van der Waals surface area contributed by atoms with E-state index in [0.29, 0.717) is 30.6 Å². The molecule has 0 saturated heterocycles. The van der Waals surface area contributed by atoms with E-state index in [4.69, 9.17) is 0 Å². The summed E-state index contributed by atoms with van der Waals surface area (Å²) in [5.74, 6) is -0.417. The van der Waals surface area contributed by atoms with Gasteiger partial charge in [0.05, 0.1) is 0 Å². The molecule has 1 unspecified atom stereocenters. The molecule has 0 saturated carbocycles. The summed E-state index contributed by atoms with van der Waals surface area (Å²) in [5.41, 5.74) is 6.33. The van der Waals surface area contributed by atoms with Crippen molar-refractivity contribution in [1.29, 1.82) is 0 Å². The quantitative estimate of drug-likeness (QED) is 0.260. The molecule has 0 amide bonds. The third kappa shape index (κ3) is 6.10. The van der Waals surface area contributed by atoms with Crippen LogP contribution in [0.15, 0.2) is 73.2 Å². The van der Waals surface area contributed by atoms with Gasteiger partial charge in [-0.25, -0.2) is 14.2 Å². The van der Waals surface area contributed by atoms with Gasteiger partial charge in [0, 0.05) is 42.9 Å². The van der Waals surface area contributed by atoms with Gasteiger partial charge in [-0.15, -0.1) is 0 Å². The average Bonchev–Trinajstić information content (AvgIpc) is 3.33. The number of carboxylic acid groups (broad SMARTS) is 1. The number of aliphatic carboxylic acids is 1. The number of rotatable bonds is 10. The Morgan fingerprint density at radius 3 is 2.56 bits per heavy atom.